The lowest BCUT2D eigenvalue weighted by Crippen LogP contribution is -2.28. The number of unbranched alkanes of at least 4 members (excludes halogenated alkanes) is 47. The molecule has 0 bridgehead atoms. The molecule has 0 saturated heterocycles. The van der Waals surface area contributed by atoms with Crippen LogP contribution in [0.15, 0.2) is 36.5 Å². The van der Waals surface area contributed by atoms with E-state index in [4.69, 9.17) is 9.47 Å². The van der Waals surface area contributed by atoms with Crippen LogP contribution in [0.25, 0.3) is 0 Å². The van der Waals surface area contributed by atoms with E-state index in [1.165, 1.54) is 295 Å². The van der Waals surface area contributed by atoms with Gasteiger partial charge in [-0.15, -0.1) is 0 Å². The van der Waals surface area contributed by atoms with Crippen LogP contribution in [0.1, 0.15) is 361 Å². The Bertz CT molecular complexity index is 1140. The minimum atomic E-state index is -0.770. The number of carbonyl (C=O) groups is 2. The van der Waals surface area contributed by atoms with Gasteiger partial charge in [0.05, 0.1) is 6.61 Å². The summed E-state index contributed by atoms with van der Waals surface area (Å²) in [4.78, 5) is 24.6. The second-order valence-electron chi connectivity index (χ2n) is 22.2. The summed E-state index contributed by atoms with van der Waals surface area (Å²) in [7, 11) is 0. The minimum Gasteiger partial charge on any atom is -0.462 e. The fraction of sp³-hybridized carbons (Fsp3) is 0.881. The Morgan fingerprint density at radius 2 is 0.556 bits per heavy atom. The molecule has 0 amide bonds. The molecule has 0 rings (SSSR count). The molecule has 0 heterocycles. The van der Waals surface area contributed by atoms with Crippen molar-refractivity contribution in [3.05, 3.63) is 36.5 Å². The molecule has 72 heavy (non-hydrogen) atoms. The van der Waals surface area contributed by atoms with Crippen LogP contribution in [0.5, 0.6) is 0 Å². The van der Waals surface area contributed by atoms with Crippen LogP contribution in [0.2, 0.25) is 0 Å². The second kappa shape index (κ2) is 63.4. The summed E-state index contributed by atoms with van der Waals surface area (Å²) >= 11 is 0. The fourth-order valence-corrected chi connectivity index (χ4v) is 10.00. The van der Waals surface area contributed by atoms with E-state index in [9.17, 15) is 14.7 Å². The van der Waals surface area contributed by atoms with E-state index in [0.717, 1.165) is 38.5 Å². The van der Waals surface area contributed by atoms with E-state index in [1.54, 1.807) is 0 Å². The van der Waals surface area contributed by atoms with Crippen molar-refractivity contribution >= 4 is 11.9 Å². The summed E-state index contributed by atoms with van der Waals surface area (Å²) in [5, 5.41) is 9.68. The molecule has 424 valence electrons. The largest absolute Gasteiger partial charge is 0.462 e. The molecule has 0 fully saturated rings. The number of hydrogen-bond donors (Lipinski definition) is 1. The molecule has 0 aromatic carbocycles. The molecule has 0 radical (unpaired) electrons. The van der Waals surface area contributed by atoms with Gasteiger partial charge in [-0.25, -0.2) is 0 Å². The highest BCUT2D eigenvalue weighted by Gasteiger charge is 2.16. The van der Waals surface area contributed by atoms with Crippen LogP contribution in [-0.2, 0) is 19.1 Å². The van der Waals surface area contributed by atoms with E-state index < -0.39 is 6.10 Å². The van der Waals surface area contributed by atoms with E-state index in [2.05, 4.69) is 50.3 Å². The van der Waals surface area contributed by atoms with Crippen molar-refractivity contribution in [3.63, 3.8) is 0 Å². The number of carbonyl (C=O) groups excluding carboxylic acids is 2. The highest BCUT2D eigenvalue weighted by atomic mass is 16.6. The van der Waals surface area contributed by atoms with Crippen LogP contribution >= 0.6 is 0 Å². The van der Waals surface area contributed by atoms with Gasteiger partial charge in [-0.3, -0.25) is 9.59 Å². The number of rotatable bonds is 61. The number of aliphatic hydroxyl groups excluding tert-OH is 1. The lowest BCUT2D eigenvalue weighted by atomic mass is 10.0. The fourth-order valence-electron chi connectivity index (χ4n) is 10.00. The summed E-state index contributed by atoms with van der Waals surface area (Å²) in [6.07, 6.45) is 83.0. The summed E-state index contributed by atoms with van der Waals surface area (Å²) in [6.45, 7) is 4.18. The van der Waals surface area contributed by atoms with Gasteiger partial charge in [0.25, 0.3) is 0 Å². The van der Waals surface area contributed by atoms with Gasteiger partial charge in [-0.05, 0) is 70.6 Å². The van der Waals surface area contributed by atoms with Crippen LogP contribution in [0.4, 0.5) is 0 Å². The molecule has 0 saturated carbocycles. The average Bonchev–Trinajstić information content (AvgIpc) is 3.38. The van der Waals surface area contributed by atoms with Gasteiger partial charge in [-0.1, -0.05) is 314 Å². The molecule has 5 heteroatoms. The van der Waals surface area contributed by atoms with Crippen LogP contribution in [0.3, 0.4) is 0 Å². The Kier molecular flexibility index (Phi) is 61.8. The molecular weight excluding hydrogens is 885 g/mol. The van der Waals surface area contributed by atoms with Gasteiger partial charge in [0.2, 0.25) is 0 Å². The van der Waals surface area contributed by atoms with Crippen LogP contribution in [0, 0.1) is 0 Å². The maximum atomic E-state index is 12.3. The van der Waals surface area contributed by atoms with Crippen LogP contribution < -0.4 is 0 Å². The highest BCUT2D eigenvalue weighted by molar-refractivity contribution is 5.70. The second-order valence-corrected chi connectivity index (χ2v) is 22.2. The third-order valence-corrected chi connectivity index (χ3v) is 14.9. The van der Waals surface area contributed by atoms with E-state index in [0.29, 0.717) is 12.8 Å². The highest BCUT2D eigenvalue weighted by Crippen LogP contribution is 2.18. The van der Waals surface area contributed by atoms with Gasteiger partial charge in [0.15, 0.2) is 6.10 Å². The Labute approximate surface area is 450 Å². The topological polar surface area (TPSA) is 72.8 Å². The molecule has 0 spiro atoms. The Balaban J connectivity index is 3.40. The summed E-state index contributed by atoms with van der Waals surface area (Å²) < 4.78 is 10.7. The van der Waals surface area contributed by atoms with Gasteiger partial charge >= 0.3 is 11.9 Å². The molecule has 0 aliphatic heterocycles. The number of aliphatic hydroxyl groups is 1. The van der Waals surface area contributed by atoms with Crippen molar-refractivity contribution in [2.24, 2.45) is 0 Å². The van der Waals surface area contributed by atoms with Crippen molar-refractivity contribution in [2.45, 2.75) is 367 Å². The number of allylic oxidation sites excluding steroid dienone is 6. The molecule has 1 N–H and O–H groups in total. The lowest BCUT2D eigenvalue weighted by molar-refractivity contribution is -0.161. The normalized spacial score (nSPS) is 12.3. The van der Waals surface area contributed by atoms with Gasteiger partial charge in [0.1, 0.15) is 6.61 Å². The zero-order valence-electron chi connectivity index (χ0n) is 48.7. The molecule has 0 aliphatic carbocycles. The lowest BCUT2D eigenvalue weighted by Gasteiger charge is -2.15. The first-order chi connectivity index (χ1) is 35.6. The summed E-state index contributed by atoms with van der Waals surface area (Å²) in [5.74, 6) is -0.570. The van der Waals surface area contributed by atoms with Crippen LogP contribution in [-0.4, -0.2) is 36.4 Å². The first-order valence-electron chi connectivity index (χ1n) is 32.5. The van der Waals surface area contributed by atoms with E-state index >= 15 is 0 Å². The smallest absolute Gasteiger partial charge is 0.306 e. The standard InChI is InChI=1S/C67H126O5/c1-3-5-7-9-11-13-15-17-19-21-23-25-27-29-31-32-33-34-36-37-39-41-43-45-47-49-51-53-55-57-59-61-66(69)71-64-65(63-68)72-67(70)62-60-58-56-54-52-50-48-46-44-42-40-38-35-30-28-26-24-22-20-18-16-14-12-10-8-6-4-2/h16,18,21-24,65,68H,3-15,17,19-20,25-64H2,1-2H3/b18-16-,23-21-,24-22-. The number of esters is 2. The predicted octanol–water partition coefficient (Wildman–Crippen LogP) is 22.2. The number of ether oxygens (including phenoxy) is 2. The minimum absolute atomic E-state index is 0.0604. The monoisotopic (exact) mass is 1010 g/mol. The molecule has 0 aliphatic rings. The maximum absolute atomic E-state index is 12.3. The Hall–Kier alpha value is -1.88. The van der Waals surface area contributed by atoms with Gasteiger partial charge in [0, 0.05) is 12.8 Å². The van der Waals surface area contributed by atoms with Crippen molar-refractivity contribution < 1.29 is 24.2 Å². The quantitative estimate of drug-likeness (QED) is 0.0373. The maximum Gasteiger partial charge on any atom is 0.306 e. The van der Waals surface area contributed by atoms with E-state index in [-0.39, 0.29) is 25.2 Å². The first-order valence-corrected chi connectivity index (χ1v) is 32.5. The van der Waals surface area contributed by atoms with Crippen molar-refractivity contribution in [1.29, 1.82) is 0 Å². The van der Waals surface area contributed by atoms with Gasteiger partial charge in [-0.2, -0.15) is 0 Å². The molecule has 1 unspecified atom stereocenters. The summed E-state index contributed by atoms with van der Waals surface area (Å²) in [6, 6.07) is 0. The molecule has 1 atom stereocenters. The van der Waals surface area contributed by atoms with E-state index in [1.807, 2.05) is 0 Å². The SMILES string of the molecule is CCCCCCC/C=C\C/C=C\CCCCCCCCCCCCCCCCCC(=O)OC(CO)COC(=O)CCCCCCCCCCCCCCCCCCCCC/C=C\CCCCCCCCCC. The summed E-state index contributed by atoms with van der Waals surface area (Å²) in [5.41, 5.74) is 0. The van der Waals surface area contributed by atoms with Gasteiger partial charge < -0.3 is 14.6 Å². The third-order valence-electron chi connectivity index (χ3n) is 14.9. The molecule has 0 aromatic heterocycles. The molecule has 0 aromatic rings. The zero-order chi connectivity index (χ0) is 52.0. The average molecular weight is 1010 g/mol. The van der Waals surface area contributed by atoms with Crippen molar-refractivity contribution in [3.8, 4) is 0 Å². The third kappa shape index (κ3) is 60.7. The predicted molar refractivity (Wildman–Crippen MR) is 316 cm³/mol. The molecule has 5 nitrogen and oxygen atoms in total. The Morgan fingerprint density at radius 1 is 0.319 bits per heavy atom. The molecular formula is C67H126O5. The Morgan fingerprint density at radius 3 is 0.833 bits per heavy atom. The van der Waals surface area contributed by atoms with Crippen molar-refractivity contribution in [2.75, 3.05) is 13.2 Å². The first kappa shape index (κ1) is 70.1. The number of hydrogen-bond acceptors (Lipinski definition) is 5. The zero-order valence-corrected chi connectivity index (χ0v) is 48.7. The van der Waals surface area contributed by atoms with Crippen molar-refractivity contribution in [1.82, 2.24) is 0 Å².